The van der Waals surface area contributed by atoms with E-state index in [1.165, 1.54) is 6.08 Å². The fourth-order valence-corrected chi connectivity index (χ4v) is 0.345. The molecule has 4 heteroatoms. The molecule has 0 unspecified atom stereocenters. The van der Waals surface area contributed by atoms with Gasteiger partial charge in [-0.1, -0.05) is 12.7 Å². The Bertz CT molecular complexity index is 187. The van der Waals surface area contributed by atoms with E-state index in [2.05, 4.69) is 23.8 Å². The number of nitrogens with zero attached hydrogens (tertiary/aromatic N) is 1. The molecule has 0 aliphatic rings. The van der Waals surface area contributed by atoms with Crippen molar-refractivity contribution in [3.63, 3.8) is 0 Å². The predicted octanol–water partition coefficient (Wildman–Crippen LogP) is 0.199. The molecule has 0 rings (SSSR count). The van der Waals surface area contributed by atoms with Crippen LogP contribution < -0.4 is 10.6 Å². The summed E-state index contributed by atoms with van der Waals surface area (Å²) in [4.78, 5) is 21.0. The summed E-state index contributed by atoms with van der Waals surface area (Å²) in [5.41, 5.74) is 0. The minimum absolute atomic E-state index is 0.298. The Labute approximate surface area is 65.0 Å². The monoisotopic (exact) mass is 153 g/mol. The lowest BCUT2D eigenvalue weighted by atomic mass is 10.6. The van der Waals surface area contributed by atoms with Gasteiger partial charge in [-0.05, 0) is 6.08 Å². The molecule has 1 radical (unpaired) electrons. The Kier molecular flexibility index (Phi) is 4.47. The number of hydrogen-bond acceptors (Lipinski definition) is 2. The second-order valence-corrected chi connectivity index (χ2v) is 1.63. The van der Waals surface area contributed by atoms with Gasteiger partial charge < -0.3 is 5.32 Å². The van der Waals surface area contributed by atoms with Crippen LogP contribution in [0.25, 0.3) is 0 Å². The van der Waals surface area contributed by atoms with Crippen molar-refractivity contribution in [2.24, 2.45) is 0 Å². The minimum Gasteiger partial charge on any atom is -0.333 e. The molecule has 59 valence electrons. The van der Waals surface area contributed by atoms with Gasteiger partial charge in [0, 0.05) is 6.54 Å². The van der Waals surface area contributed by atoms with E-state index >= 15 is 0 Å². The van der Waals surface area contributed by atoms with Gasteiger partial charge in [-0.25, -0.2) is 4.79 Å². The van der Waals surface area contributed by atoms with Crippen molar-refractivity contribution in [3.8, 4) is 0 Å². The summed E-state index contributed by atoms with van der Waals surface area (Å²) in [5.74, 6) is -0.647. The SMILES string of the molecule is C=CCNC(=O)[N]C(=O)C=C. The molecule has 0 saturated carbocycles. The number of imide groups is 1. The zero-order valence-electron chi connectivity index (χ0n) is 6.04. The van der Waals surface area contributed by atoms with Crippen molar-refractivity contribution in [2.75, 3.05) is 6.54 Å². The van der Waals surface area contributed by atoms with Gasteiger partial charge in [-0.2, -0.15) is 5.32 Å². The number of rotatable bonds is 3. The highest BCUT2D eigenvalue weighted by atomic mass is 16.2. The van der Waals surface area contributed by atoms with Crippen molar-refractivity contribution in [2.45, 2.75) is 0 Å². The molecule has 0 aromatic rings. The van der Waals surface area contributed by atoms with Crippen LogP contribution >= 0.6 is 0 Å². The topological polar surface area (TPSA) is 60.3 Å². The molecule has 0 heterocycles. The smallest absolute Gasteiger partial charge is 0.333 e. The molecule has 0 bridgehead atoms. The molecule has 0 aromatic carbocycles. The Hall–Kier alpha value is -1.58. The average molecular weight is 153 g/mol. The van der Waals surface area contributed by atoms with Crippen LogP contribution in [-0.4, -0.2) is 18.5 Å². The van der Waals surface area contributed by atoms with E-state index in [0.717, 1.165) is 6.08 Å². The maximum atomic E-state index is 10.6. The van der Waals surface area contributed by atoms with Crippen molar-refractivity contribution in [1.82, 2.24) is 10.6 Å². The van der Waals surface area contributed by atoms with E-state index in [1.807, 2.05) is 0 Å². The van der Waals surface area contributed by atoms with Crippen LogP contribution in [0, 0.1) is 0 Å². The highest BCUT2D eigenvalue weighted by Gasteiger charge is 2.03. The lowest BCUT2D eigenvalue weighted by Gasteiger charge is -1.97. The number of urea groups is 1. The van der Waals surface area contributed by atoms with Crippen LogP contribution in [0.3, 0.4) is 0 Å². The van der Waals surface area contributed by atoms with Crippen molar-refractivity contribution in [1.29, 1.82) is 0 Å². The molecule has 4 nitrogen and oxygen atoms in total. The third-order valence-corrected chi connectivity index (χ3v) is 0.784. The van der Waals surface area contributed by atoms with Crippen LogP contribution in [-0.2, 0) is 4.79 Å². The summed E-state index contributed by atoms with van der Waals surface area (Å²) in [6.07, 6.45) is 2.46. The molecule has 0 aliphatic carbocycles. The van der Waals surface area contributed by atoms with Crippen LogP contribution in [0.1, 0.15) is 0 Å². The first kappa shape index (κ1) is 9.42. The lowest BCUT2D eigenvalue weighted by Crippen LogP contribution is -2.33. The number of amides is 3. The quantitative estimate of drug-likeness (QED) is 0.465. The Morgan fingerprint density at radius 1 is 1.45 bits per heavy atom. The van der Waals surface area contributed by atoms with Gasteiger partial charge in [0.05, 0.1) is 0 Å². The Balaban J connectivity index is 3.60. The molecule has 0 saturated heterocycles. The van der Waals surface area contributed by atoms with Crippen LogP contribution in [0.2, 0.25) is 0 Å². The summed E-state index contributed by atoms with van der Waals surface area (Å²) in [5, 5.41) is 5.38. The molecule has 0 aromatic heterocycles. The lowest BCUT2D eigenvalue weighted by molar-refractivity contribution is -0.115. The van der Waals surface area contributed by atoms with Gasteiger partial charge in [-0.3, -0.25) is 4.79 Å². The second-order valence-electron chi connectivity index (χ2n) is 1.63. The Morgan fingerprint density at radius 2 is 2.09 bits per heavy atom. The van der Waals surface area contributed by atoms with Gasteiger partial charge in [0.15, 0.2) is 0 Å². The molecule has 3 amide bonds. The summed E-state index contributed by atoms with van der Waals surface area (Å²) < 4.78 is 0. The van der Waals surface area contributed by atoms with Crippen molar-refractivity contribution < 1.29 is 9.59 Å². The van der Waals surface area contributed by atoms with Crippen LogP contribution in [0.15, 0.2) is 25.3 Å². The van der Waals surface area contributed by atoms with Gasteiger partial charge in [0.1, 0.15) is 0 Å². The largest absolute Gasteiger partial charge is 0.344 e. The first-order chi connectivity index (χ1) is 5.20. The number of hydrogen-bond donors (Lipinski definition) is 1. The molecular formula is C7H9N2O2. The fraction of sp³-hybridized carbons (Fsp3) is 0.143. The zero-order chi connectivity index (χ0) is 8.69. The predicted molar refractivity (Wildman–Crippen MR) is 40.9 cm³/mol. The van der Waals surface area contributed by atoms with Crippen LogP contribution in [0.4, 0.5) is 4.79 Å². The van der Waals surface area contributed by atoms with E-state index in [1.54, 1.807) is 0 Å². The number of nitrogens with one attached hydrogen (secondary N) is 1. The highest BCUT2D eigenvalue weighted by molar-refractivity contribution is 5.99. The van der Waals surface area contributed by atoms with E-state index in [4.69, 9.17) is 0 Å². The molecule has 0 aliphatic heterocycles. The normalized spacial score (nSPS) is 8.00. The molecule has 0 fully saturated rings. The summed E-state index contributed by atoms with van der Waals surface area (Å²) in [7, 11) is 0. The third-order valence-electron chi connectivity index (χ3n) is 0.784. The van der Waals surface area contributed by atoms with E-state index in [9.17, 15) is 9.59 Å². The number of carbonyl (C=O) groups is 2. The van der Waals surface area contributed by atoms with Gasteiger partial charge in [0.2, 0.25) is 0 Å². The summed E-state index contributed by atoms with van der Waals surface area (Å²) in [6, 6.07) is -0.671. The first-order valence-electron chi connectivity index (χ1n) is 2.97. The molecular weight excluding hydrogens is 144 g/mol. The maximum Gasteiger partial charge on any atom is 0.344 e. The second kappa shape index (κ2) is 5.22. The first-order valence-corrected chi connectivity index (χ1v) is 2.97. The van der Waals surface area contributed by atoms with Gasteiger partial charge in [0.25, 0.3) is 5.91 Å². The Morgan fingerprint density at radius 3 is 2.55 bits per heavy atom. The number of carbonyl (C=O) groups excluding carboxylic acids is 2. The molecule has 1 N–H and O–H groups in total. The summed E-state index contributed by atoms with van der Waals surface area (Å²) in [6.45, 7) is 6.82. The molecule has 0 atom stereocenters. The van der Waals surface area contributed by atoms with E-state index in [0.29, 0.717) is 6.54 Å². The maximum absolute atomic E-state index is 10.6. The molecule has 0 spiro atoms. The highest BCUT2D eigenvalue weighted by Crippen LogP contribution is 1.72. The zero-order valence-corrected chi connectivity index (χ0v) is 6.04. The third kappa shape index (κ3) is 4.90. The van der Waals surface area contributed by atoms with Gasteiger partial charge in [-0.15, -0.1) is 6.58 Å². The van der Waals surface area contributed by atoms with Crippen molar-refractivity contribution in [3.05, 3.63) is 25.3 Å². The standard InChI is InChI=1S/C7H9N2O2/c1-3-5-8-7(11)9-6(10)4-2/h3-4H,1-2,5H2,(H,8,11). The van der Waals surface area contributed by atoms with Crippen LogP contribution in [0.5, 0.6) is 0 Å². The van der Waals surface area contributed by atoms with E-state index < -0.39 is 11.9 Å². The molecule has 11 heavy (non-hydrogen) atoms. The van der Waals surface area contributed by atoms with E-state index in [-0.39, 0.29) is 0 Å². The summed E-state index contributed by atoms with van der Waals surface area (Å²) >= 11 is 0. The van der Waals surface area contributed by atoms with Crippen molar-refractivity contribution >= 4 is 11.9 Å². The average Bonchev–Trinajstić information content (AvgIpc) is 2.00. The van der Waals surface area contributed by atoms with Gasteiger partial charge >= 0.3 is 6.03 Å². The minimum atomic E-state index is -0.671. The fourth-order valence-electron chi connectivity index (χ4n) is 0.345.